The highest BCUT2D eigenvalue weighted by molar-refractivity contribution is 7.66. The van der Waals surface area contributed by atoms with Gasteiger partial charge in [-0.2, -0.15) is 5.26 Å². The Balaban J connectivity index is 5.98. The number of rotatable bonds is 9. The van der Waals surface area contributed by atoms with Gasteiger partial charge in [0.2, 0.25) is 0 Å². The Morgan fingerprint density at radius 1 is 0.857 bits per heavy atom. The zero-order chi connectivity index (χ0) is 16.8. The van der Waals surface area contributed by atoms with Crippen molar-refractivity contribution in [3.8, 4) is 6.07 Å². The Morgan fingerprint density at radius 3 is 1.38 bits per heavy atom. The van der Waals surface area contributed by atoms with E-state index in [9.17, 15) is 0 Å². The van der Waals surface area contributed by atoms with Crippen LogP contribution in [0.3, 0.4) is 0 Å². The molecular weight excluding hydrogens is 281 g/mol. The largest absolute Gasteiger partial charge is 0.291 e. The highest BCUT2D eigenvalue weighted by atomic mass is 31.2. The maximum atomic E-state index is 9.12. The average molecular weight is 316 g/mol. The fourth-order valence-corrected chi connectivity index (χ4v) is 8.00. The minimum Gasteiger partial charge on any atom is -0.203 e. The van der Waals surface area contributed by atoms with Gasteiger partial charge >= 0.3 is 0 Å². The summed E-state index contributed by atoms with van der Waals surface area (Å²) in [5.74, 6) is 0. The summed E-state index contributed by atoms with van der Waals surface area (Å²) in [6, 6.07) is 3.86. The van der Waals surface area contributed by atoms with Crippen LogP contribution in [-0.4, -0.2) is 46.8 Å². The van der Waals surface area contributed by atoms with Crippen molar-refractivity contribution < 1.29 is 4.52 Å². The van der Waals surface area contributed by atoms with Crippen LogP contribution in [0.15, 0.2) is 0 Å². The molecule has 0 spiro atoms. The van der Waals surface area contributed by atoms with Gasteiger partial charge in [0.15, 0.2) is 0 Å². The molecule has 0 aromatic heterocycles. The van der Waals surface area contributed by atoms with E-state index in [-0.39, 0.29) is 0 Å². The van der Waals surface area contributed by atoms with Crippen LogP contribution in [-0.2, 0) is 4.52 Å². The summed E-state index contributed by atoms with van der Waals surface area (Å²) in [6.07, 6.45) is 1.33. The van der Waals surface area contributed by atoms with E-state index in [4.69, 9.17) is 9.79 Å². The molecule has 0 saturated heterocycles. The molecule has 5 heteroatoms. The van der Waals surface area contributed by atoms with E-state index in [2.05, 4.69) is 70.8 Å². The topological polar surface area (TPSA) is 39.5 Å². The van der Waals surface area contributed by atoms with Gasteiger partial charge in [-0.25, -0.2) is 4.52 Å². The molecule has 0 aliphatic heterocycles. The molecule has 21 heavy (non-hydrogen) atoms. The highest BCUT2D eigenvalue weighted by Gasteiger charge is 2.56. The van der Waals surface area contributed by atoms with Gasteiger partial charge in [-0.3, -0.25) is 0 Å². The molecule has 0 fully saturated rings. The molecule has 0 N–H and O–H groups in total. The molecule has 0 atom stereocenters. The van der Waals surface area contributed by atoms with E-state index in [1.165, 1.54) is 0 Å². The Morgan fingerprint density at radius 2 is 1.19 bits per heavy atom. The molecule has 0 bridgehead atoms. The average Bonchev–Trinajstić information content (AvgIpc) is 2.33. The minimum atomic E-state index is -1.99. The van der Waals surface area contributed by atoms with Crippen molar-refractivity contribution in [1.82, 2.24) is 9.34 Å². The van der Waals surface area contributed by atoms with Crippen molar-refractivity contribution in [3.63, 3.8) is 0 Å². The number of nitrogens with zero attached hydrogens (tertiary/aromatic N) is 3. The monoisotopic (exact) mass is 316 g/mol. The van der Waals surface area contributed by atoms with Gasteiger partial charge in [-0.1, -0.05) is 0 Å². The summed E-state index contributed by atoms with van der Waals surface area (Å²) in [5, 5.41) is 9.12. The lowest BCUT2D eigenvalue weighted by Crippen LogP contribution is -2.49. The van der Waals surface area contributed by atoms with Crippen molar-refractivity contribution in [2.45, 2.75) is 86.0 Å². The molecule has 0 heterocycles. The van der Waals surface area contributed by atoms with Crippen molar-refractivity contribution in [1.29, 1.82) is 5.26 Å². The van der Waals surface area contributed by atoms with E-state index in [1.54, 1.807) is 0 Å². The Hall–Kier alpha value is -0.200. The fourth-order valence-electron chi connectivity index (χ4n) is 3.46. The first-order chi connectivity index (χ1) is 9.65. The molecule has 4 nitrogen and oxygen atoms in total. The summed E-state index contributed by atoms with van der Waals surface area (Å²) < 4.78 is 11.2. The second kappa shape index (κ2) is 9.06. The zero-order valence-electron chi connectivity index (χ0n) is 15.4. The van der Waals surface area contributed by atoms with Crippen molar-refractivity contribution in [3.05, 3.63) is 0 Å². The minimum absolute atomic E-state index is 0.386. The maximum absolute atomic E-state index is 9.12. The van der Waals surface area contributed by atoms with E-state index in [0.717, 1.165) is 6.16 Å². The van der Waals surface area contributed by atoms with Gasteiger partial charge in [-0.05, 0) is 55.4 Å². The van der Waals surface area contributed by atoms with Gasteiger partial charge in [-0.15, -0.1) is 9.34 Å². The third-order valence-corrected chi connectivity index (χ3v) is 8.33. The molecular formula is C16H35N3OP+. The Bertz CT molecular complexity index is 301. The smallest absolute Gasteiger partial charge is 0.203 e. The van der Waals surface area contributed by atoms with Gasteiger partial charge in [0.05, 0.1) is 19.6 Å². The third-order valence-electron chi connectivity index (χ3n) is 3.65. The molecule has 0 amide bonds. The summed E-state index contributed by atoms with van der Waals surface area (Å²) in [6.45, 7) is 17.8. The summed E-state index contributed by atoms with van der Waals surface area (Å²) >= 11 is 0. The lowest BCUT2D eigenvalue weighted by atomic mass is 10.3. The summed E-state index contributed by atoms with van der Waals surface area (Å²) in [4.78, 5) is 0. The molecule has 124 valence electrons. The van der Waals surface area contributed by atoms with E-state index < -0.39 is 7.79 Å². The highest BCUT2D eigenvalue weighted by Crippen LogP contribution is 2.68. The Kier molecular flexibility index (Phi) is 8.97. The predicted molar refractivity (Wildman–Crippen MR) is 93.2 cm³/mol. The molecule has 0 aromatic carbocycles. The number of hydrogen-bond acceptors (Lipinski definition) is 4. The first-order valence-corrected chi connectivity index (χ1v) is 9.83. The van der Waals surface area contributed by atoms with Crippen molar-refractivity contribution in [2.75, 3.05) is 13.3 Å². The zero-order valence-corrected chi connectivity index (χ0v) is 16.3. The second-order valence-electron chi connectivity index (χ2n) is 6.61. The van der Waals surface area contributed by atoms with Crippen LogP contribution < -0.4 is 0 Å². The van der Waals surface area contributed by atoms with Crippen LogP contribution in [0.2, 0.25) is 0 Å². The molecule has 0 aromatic rings. The van der Waals surface area contributed by atoms with Crippen LogP contribution in [0.4, 0.5) is 0 Å². The van der Waals surface area contributed by atoms with Crippen molar-refractivity contribution >= 4 is 7.79 Å². The molecule has 0 unspecified atom stereocenters. The first-order valence-electron chi connectivity index (χ1n) is 8.04. The van der Waals surface area contributed by atoms with Crippen LogP contribution >= 0.6 is 7.79 Å². The summed E-state index contributed by atoms with van der Waals surface area (Å²) in [7, 11) is -0.174. The van der Waals surface area contributed by atoms with Crippen LogP contribution in [0, 0.1) is 11.3 Å². The van der Waals surface area contributed by atoms with Crippen molar-refractivity contribution in [2.24, 2.45) is 0 Å². The van der Waals surface area contributed by atoms with Crippen LogP contribution in [0.25, 0.3) is 0 Å². The predicted octanol–water partition coefficient (Wildman–Crippen LogP) is 4.55. The first kappa shape index (κ1) is 20.8. The van der Waals surface area contributed by atoms with E-state index >= 15 is 0 Å². The molecule has 0 aliphatic rings. The number of hydrogen-bond donors (Lipinski definition) is 0. The normalized spacial score (nSPS) is 13.2. The SMILES string of the molecule is CO[P+](CCC#N)(N(C(C)C)C(C)C)N(C(C)C)C(C)C. The number of nitriles is 1. The second-order valence-corrected chi connectivity index (χ2v) is 9.68. The third kappa shape index (κ3) is 4.89. The van der Waals surface area contributed by atoms with Gasteiger partial charge in [0, 0.05) is 24.2 Å². The lowest BCUT2D eigenvalue weighted by Gasteiger charge is -2.46. The lowest BCUT2D eigenvalue weighted by molar-refractivity contribution is 0.187. The maximum Gasteiger partial charge on any atom is 0.291 e. The molecule has 0 rings (SSSR count). The van der Waals surface area contributed by atoms with Gasteiger partial charge in [0.1, 0.15) is 6.16 Å². The van der Waals surface area contributed by atoms with Crippen LogP contribution in [0.1, 0.15) is 61.8 Å². The van der Waals surface area contributed by atoms with Crippen LogP contribution in [0.5, 0.6) is 0 Å². The van der Waals surface area contributed by atoms with E-state index in [1.807, 2.05) is 7.11 Å². The Labute approximate surface area is 133 Å². The quantitative estimate of drug-likeness (QED) is 0.585. The van der Waals surface area contributed by atoms with Gasteiger partial charge in [0.25, 0.3) is 7.79 Å². The fraction of sp³-hybridized carbons (Fsp3) is 0.938. The molecule has 0 radical (unpaired) electrons. The molecule has 0 aliphatic carbocycles. The molecule has 0 saturated carbocycles. The van der Waals surface area contributed by atoms with Gasteiger partial charge < -0.3 is 0 Å². The van der Waals surface area contributed by atoms with E-state index in [0.29, 0.717) is 30.6 Å². The summed E-state index contributed by atoms with van der Waals surface area (Å²) in [5.41, 5.74) is 0. The standard InChI is InChI=1S/C16H35N3OP/c1-13(2)18(14(3)4)21(20-9,12-10-11-17)19(15(5)6)16(7)8/h13-16H,10,12H2,1-9H3/q+1.